The topological polar surface area (TPSA) is 116 Å². The van der Waals surface area contributed by atoms with Crippen molar-refractivity contribution in [3.8, 4) is 0 Å². The normalized spacial score (nSPS) is 22.2. The van der Waals surface area contributed by atoms with Gasteiger partial charge in [0.25, 0.3) is 11.9 Å². The van der Waals surface area contributed by atoms with Crippen LogP contribution in [0.25, 0.3) is 0 Å². The van der Waals surface area contributed by atoms with E-state index in [0.717, 1.165) is 11.6 Å². The number of nitrogens with two attached hydrogens (primary N) is 2. The number of ether oxygens (including phenoxy) is 1. The number of benzene rings is 1. The number of rotatable bonds is 6. The van der Waals surface area contributed by atoms with Crippen LogP contribution in [0.1, 0.15) is 42.4 Å². The number of nitrogens with zero attached hydrogens (tertiary/aromatic N) is 2. The average Bonchev–Trinajstić information content (AvgIpc) is 2.81. The van der Waals surface area contributed by atoms with Crippen LogP contribution < -0.4 is 16.8 Å². The lowest BCUT2D eigenvalue weighted by Gasteiger charge is -2.41. The lowest BCUT2D eigenvalue weighted by atomic mass is 9.76. The number of aromatic nitrogens is 1. The molecule has 7 nitrogen and oxygen atoms in total. The maximum atomic E-state index is 14.7. The minimum absolute atomic E-state index is 0.113. The Morgan fingerprint density at radius 2 is 1.97 bits per heavy atom. The molecule has 0 unspecified atom stereocenters. The molecule has 1 aromatic carbocycles. The molecule has 1 aliphatic heterocycles. The highest BCUT2D eigenvalue weighted by Crippen LogP contribution is 2.42. The van der Waals surface area contributed by atoms with E-state index in [1.165, 1.54) is 31.3 Å². The molecule has 0 radical (unpaired) electrons. The third kappa shape index (κ3) is 5.01. The first-order valence-electron chi connectivity index (χ1n) is 10.2. The van der Waals surface area contributed by atoms with Crippen molar-refractivity contribution >= 4 is 17.6 Å². The number of amidine groups is 1. The van der Waals surface area contributed by atoms with Gasteiger partial charge in [-0.3, -0.25) is 14.2 Å². The van der Waals surface area contributed by atoms with Crippen LogP contribution in [0.5, 0.6) is 0 Å². The molecule has 0 aliphatic carbocycles. The van der Waals surface area contributed by atoms with E-state index < -0.39 is 42.6 Å². The van der Waals surface area contributed by atoms with Crippen LogP contribution in [0, 0.1) is 11.7 Å². The lowest BCUT2D eigenvalue weighted by Crippen LogP contribution is -2.50. The number of anilines is 1. The predicted octanol–water partition coefficient (Wildman–Crippen LogP) is 3.44. The van der Waals surface area contributed by atoms with E-state index in [0.29, 0.717) is 0 Å². The molecule has 5 N–H and O–H groups in total. The van der Waals surface area contributed by atoms with Crippen molar-refractivity contribution in [3.63, 3.8) is 0 Å². The van der Waals surface area contributed by atoms with Crippen molar-refractivity contribution in [3.05, 3.63) is 59.2 Å². The number of aliphatic imine (C=N–C) groups is 1. The van der Waals surface area contributed by atoms with Crippen molar-refractivity contribution in [2.24, 2.45) is 22.4 Å². The molecule has 3 rings (SSSR count). The van der Waals surface area contributed by atoms with Crippen LogP contribution in [-0.2, 0) is 16.8 Å². The van der Waals surface area contributed by atoms with Crippen LogP contribution in [0.15, 0.2) is 41.5 Å². The Morgan fingerprint density at radius 1 is 1.25 bits per heavy atom. The van der Waals surface area contributed by atoms with Crippen molar-refractivity contribution < 1.29 is 22.7 Å². The molecule has 1 amide bonds. The van der Waals surface area contributed by atoms with Gasteiger partial charge in [-0.15, -0.1) is 0 Å². The third-order valence-corrected chi connectivity index (χ3v) is 5.15. The Morgan fingerprint density at radius 3 is 2.53 bits per heavy atom. The van der Waals surface area contributed by atoms with Gasteiger partial charge >= 0.3 is 0 Å². The fourth-order valence-corrected chi connectivity index (χ4v) is 3.49. The molecular formula is C22H28F3N5O2. The monoisotopic (exact) mass is 451 g/mol. The number of hydrogen-bond acceptors (Lipinski definition) is 6. The summed E-state index contributed by atoms with van der Waals surface area (Å²) in [5.74, 6) is -2.48. The number of amides is 1. The van der Waals surface area contributed by atoms with Gasteiger partial charge in [0, 0.05) is 24.0 Å². The van der Waals surface area contributed by atoms with Gasteiger partial charge in [-0.1, -0.05) is 19.9 Å². The molecule has 1 aliphatic rings. The molecule has 0 bridgehead atoms. The lowest BCUT2D eigenvalue weighted by molar-refractivity contribution is 0.0242. The number of pyridine rings is 1. The molecule has 0 saturated heterocycles. The standard InChI is InChI=1S/C20H22F3N5O2.C2H6/c1-11-15(7-21)20(10-22,28-19(25)30-11)14-6-13(3-4-16(14)23)27-18(29)17-5-2-12(8-24)9-26-17;1-2/h2-6,9,11,15H,7-8,10,24H2,1H3,(H2,25,28)(H,27,29);1-2H3/t11-,15+,20-;/m0./s1. The van der Waals surface area contributed by atoms with Crippen LogP contribution in [-0.4, -0.2) is 36.4 Å². The number of halogens is 3. The molecule has 0 fully saturated rings. The van der Waals surface area contributed by atoms with Crippen molar-refractivity contribution in [2.75, 3.05) is 18.7 Å². The summed E-state index contributed by atoms with van der Waals surface area (Å²) >= 11 is 0. The zero-order valence-electron chi connectivity index (χ0n) is 18.2. The fraction of sp³-hybridized carbons (Fsp3) is 0.409. The minimum atomic E-state index is -1.91. The summed E-state index contributed by atoms with van der Waals surface area (Å²) in [6.07, 6.45) is 0.640. The van der Waals surface area contributed by atoms with E-state index in [4.69, 9.17) is 16.2 Å². The van der Waals surface area contributed by atoms with E-state index in [1.807, 2.05) is 13.8 Å². The van der Waals surface area contributed by atoms with E-state index in [9.17, 15) is 18.0 Å². The van der Waals surface area contributed by atoms with Gasteiger partial charge in [-0.2, -0.15) is 0 Å². The molecule has 1 aromatic heterocycles. The second-order valence-electron chi connectivity index (χ2n) is 7.00. The highest BCUT2D eigenvalue weighted by molar-refractivity contribution is 6.02. The summed E-state index contributed by atoms with van der Waals surface area (Å²) in [5, 5.41) is 2.57. The van der Waals surface area contributed by atoms with Crippen LogP contribution in [0.2, 0.25) is 0 Å². The predicted molar refractivity (Wildman–Crippen MR) is 117 cm³/mol. The van der Waals surface area contributed by atoms with Crippen molar-refractivity contribution in [1.82, 2.24) is 4.98 Å². The Hall–Kier alpha value is -3.14. The van der Waals surface area contributed by atoms with Gasteiger partial charge in [-0.25, -0.2) is 13.8 Å². The average molecular weight is 451 g/mol. The zero-order chi connectivity index (χ0) is 23.9. The minimum Gasteiger partial charge on any atom is -0.462 e. The van der Waals surface area contributed by atoms with E-state index >= 15 is 0 Å². The summed E-state index contributed by atoms with van der Waals surface area (Å²) in [4.78, 5) is 20.4. The SMILES string of the molecule is CC.C[C@@H]1OC(N)=N[C@@](CF)(c2cc(NC(=O)c3ccc(CN)cn3)ccc2F)[C@@H]1CF. The molecule has 10 heteroatoms. The first-order chi connectivity index (χ1) is 15.3. The molecule has 2 heterocycles. The summed E-state index contributed by atoms with van der Waals surface area (Å²) in [6.45, 7) is 3.58. The zero-order valence-corrected chi connectivity index (χ0v) is 18.2. The Balaban J connectivity index is 0.00000176. The van der Waals surface area contributed by atoms with Gasteiger partial charge in [0.15, 0.2) is 0 Å². The van der Waals surface area contributed by atoms with E-state index in [2.05, 4.69) is 15.3 Å². The number of carbonyl (C=O) groups excluding carboxylic acids is 1. The smallest absolute Gasteiger partial charge is 0.283 e. The van der Waals surface area contributed by atoms with Gasteiger partial charge in [-0.05, 0) is 36.8 Å². The quantitative estimate of drug-likeness (QED) is 0.622. The van der Waals surface area contributed by atoms with Crippen LogP contribution >= 0.6 is 0 Å². The Labute approximate surface area is 185 Å². The van der Waals surface area contributed by atoms with Gasteiger partial charge < -0.3 is 21.5 Å². The highest BCUT2D eigenvalue weighted by Gasteiger charge is 2.49. The largest absolute Gasteiger partial charge is 0.462 e. The number of carbonyl (C=O) groups is 1. The maximum Gasteiger partial charge on any atom is 0.283 e. The second kappa shape index (κ2) is 10.9. The summed E-state index contributed by atoms with van der Waals surface area (Å²) in [5.41, 5.74) is 10.0. The molecule has 0 spiro atoms. The van der Waals surface area contributed by atoms with Gasteiger partial charge in [0.2, 0.25) is 0 Å². The number of hydrogen-bond donors (Lipinski definition) is 3. The summed E-state index contributed by atoms with van der Waals surface area (Å²) < 4.78 is 47.9. The first-order valence-corrected chi connectivity index (χ1v) is 10.2. The number of nitrogens with one attached hydrogen (secondary N) is 1. The molecule has 3 atom stereocenters. The van der Waals surface area contributed by atoms with Crippen molar-refractivity contribution in [1.29, 1.82) is 0 Å². The van der Waals surface area contributed by atoms with Crippen LogP contribution in [0.3, 0.4) is 0 Å². The fourth-order valence-electron chi connectivity index (χ4n) is 3.49. The first kappa shape index (κ1) is 25.1. The number of alkyl halides is 2. The van der Waals surface area contributed by atoms with E-state index in [-0.39, 0.29) is 29.5 Å². The third-order valence-electron chi connectivity index (χ3n) is 5.15. The molecule has 2 aromatic rings. The Kier molecular flexibility index (Phi) is 8.59. The summed E-state index contributed by atoms with van der Waals surface area (Å²) in [7, 11) is 0. The second-order valence-corrected chi connectivity index (χ2v) is 7.00. The highest BCUT2D eigenvalue weighted by atomic mass is 19.1. The van der Waals surface area contributed by atoms with Gasteiger partial charge in [0.1, 0.15) is 29.8 Å². The van der Waals surface area contributed by atoms with Crippen molar-refractivity contribution in [2.45, 2.75) is 39.0 Å². The summed E-state index contributed by atoms with van der Waals surface area (Å²) in [6, 6.07) is 6.37. The maximum absolute atomic E-state index is 14.7. The molecule has 174 valence electrons. The molecular weight excluding hydrogens is 423 g/mol. The van der Waals surface area contributed by atoms with E-state index in [1.54, 1.807) is 6.07 Å². The van der Waals surface area contributed by atoms with Gasteiger partial charge in [0.05, 0.1) is 12.6 Å². The Bertz CT molecular complexity index is 955. The molecule has 32 heavy (non-hydrogen) atoms. The van der Waals surface area contributed by atoms with Crippen LogP contribution in [0.4, 0.5) is 18.9 Å². The molecule has 0 saturated carbocycles.